The van der Waals surface area contributed by atoms with Crippen LogP contribution in [-0.4, -0.2) is 35.7 Å². The fraction of sp³-hybridized carbons (Fsp3) is 0.467. The maximum absolute atomic E-state index is 12.1. The molecule has 1 aliphatic rings. The lowest BCUT2D eigenvalue weighted by Crippen LogP contribution is -2.37. The average molecular weight is 339 g/mol. The number of nitrogens with one attached hydrogen (secondary N) is 1. The van der Waals surface area contributed by atoms with Gasteiger partial charge in [0.2, 0.25) is 5.91 Å². The number of carbonyl (C=O) groups excluding carboxylic acids is 2. The largest absolute Gasteiger partial charge is 0.324 e. The standard InChI is InChI=1S/C15H19BrN2O2/c1-11(19)9-12-5-4-8-18(12)10-15(20)17-14-7-3-2-6-13(14)16/h2-3,6-7,12H,4-5,8-10H2,1H3,(H,17,20). The molecule has 0 spiro atoms. The number of ketones is 1. The zero-order valence-electron chi connectivity index (χ0n) is 11.6. The number of rotatable bonds is 5. The number of amides is 1. The minimum Gasteiger partial charge on any atom is -0.324 e. The van der Waals surface area contributed by atoms with Gasteiger partial charge in [0.25, 0.3) is 0 Å². The first-order valence-electron chi connectivity index (χ1n) is 6.84. The summed E-state index contributed by atoms with van der Waals surface area (Å²) < 4.78 is 0.870. The number of likely N-dealkylation sites (tertiary alicyclic amines) is 1. The molecular weight excluding hydrogens is 320 g/mol. The Bertz CT molecular complexity index is 504. The number of benzene rings is 1. The van der Waals surface area contributed by atoms with Crippen molar-refractivity contribution in [2.45, 2.75) is 32.2 Å². The van der Waals surface area contributed by atoms with Crippen molar-refractivity contribution in [3.8, 4) is 0 Å². The number of para-hydroxylation sites is 1. The maximum Gasteiger partial charge on any atom is 0.238 e. The first-order chi connectivity index (χ1) is 9.56. The van der Waals surface area contributed by atoms with Crippen molar-refractivity contribution in [1.29, 1.82) is 0 Å². The van der Waals surface area contributed by atoms with Gasteiger partial charge in [0.05, 0.1) is 12.2 Å². The minimum absolute atomic E-state index is 0.0349. The lowest BCUT2D eigenvalue weighted by molar-refractivity contribution is -0.120. The SMILES string of the molecule is CC(=O)CC1CCCN1CC(=O)Nc1ccccc1Br. The molecule has 5 heteroatoms. The molecule has 1 N–H and O–H groups in total. The van der Waals surface area contributed by atoms with Crippen molar-refractivity contribution in [3.63, 3.8) is 0 Å². The third-order valence-corrected chi connectivity index (χ3v) is 4.21. The summed E-state index contributed by atoms with van der Waals surface area (Å²) in [4.78, 5) is 25.4. The second-order valence-electron chi connectivity index (χ2n) is 5.20. The van der Waals surface area contributed by atoms with Crippen LogP contribution in [-0.2, 0) is 9.59 Å². The fourth-order valence-electron chi connectivity index (χ4n) is 2.60. The van der Waals surface area contributed by atoms with E-state index in [-0.39, 0.29) is 17.7 Å². The van der Waals surface area contributed by atoms with Crippen LogP contribution < -0.4 is 5.32 Å². The molecule has 1 heterocycles. The molecule has 1 unspecified atom stereocenters. The van der Waals surface area contributed by atoms with E-state index in [9.17, 15) is 9.59 Å². The summed E-state index contributed by atoms with van der Waals surface area (Å²) in [5.74, 6) is 0.153. The molecule has 1 aromatic carbocycles. The van der Waals surface area contributed by atoms with Crippen LogP contribution in [0.3, 0.4) is 0 Å². The van der Waals surface area contributed by atoms with E-state index in [1.807, 2.05) is 24.3 Å². The minimum atomic E-state index is -0.0349. The summed E-state index contributed by atoms with van der Waals surface area (Å²) in [6.07, 6.45) is 2.60. The Hall–Kier alpha value is -1.20. The van der Waals surface area contributed by atoms with E-state index in [1.54, 1.807) is 6.92 Å². The van der Waals surface area contributed by atoms with Crippen LogP contribution in [0, 0.1) is 0 Å². The normalized spacial score (nSPS) is 19.0. The fourth-order valence-corrected chi connectivity index (χ4v) is 2.99. The predicted molar refractivity (Wildman–Crippen MR) is 82.7 cm³/mol. The topological polar surface area (TPSA) is 49.4 Å². The molecule has 1 fully saturated rings. The van der Waals surface area contributed by atoms with Crippen molar-refractivity contribution < 1.29 is 9.59 Å². The second kappa shape index (κ2) is 6.99. The molecule has 0 aromatic heterocycles. The Kier molecular flexibility index (Phi) is 5.31. The van der Waals surface area contributed by atoms with Gasteiger partial charge in [-0.3, -0.25) is 14.5 Å². The van der Waals surface area contributed by atoms with Crippen molar-refractivity contribution in [2.75, 3.05) is 18.4 Å². The van der Waals surface area contributed by atoms with Gasteiger partial charge in [0, 0.05) is 16.9 Å². The van der Waals surface area contributed by atoms with E-state index in [1.165, 1.54) is 0 Å². The second-order valence-corrected chi connectivity index (χ2v) is 6.06. The molecule has 1 aromatic rings. The molecular formula is C15H19BrN2O2. The number of halogens is 1. The molecule has 108 valence electrons. The van der Waals surface area contributed by atoms with Gasteiger partial charge in [-0.2, -0.15) is 0 Å². The summed E-state index contributed by atoms with van der Waals surface area (Å²) in [6, 6.07) is 7.76. The van der Waals surface area contributed by atoms with Gasteiger partial charge in [-0.25, -0.2) is 0 Å². The Morgan fingerprint density at radius 2 is 2.15 bits per heavy atom. The first kappa shape index (κ1) is 15.2. The quantitative estimate of drug-likeness (QED) is 0.897. The lowest BCUT2D eigenvalue weighted by Gasteiger charge is -2.23. The highest BCUT2D eigenvalue weighted by Crippen LogP contribution is 2.22. The van der Waals surface area contributed by atoms with E-state index < -0.39 is 0 Å². The monoisotopic (exact) mass is 338 g/mol. The zero-order valence-corrected chi connectivity index (χ0v) is 13.1. The summed E-state index contributed by atoms with van der Waals surface area (Å²) in [5.41, 5.74) is 0.778. The van der Waals surface area contributed by atoms with Crippen LogP contribution in [0.25, 0.3) is 0 Å². The van der Waals surface area contributed by atoms with Gasteiger partial charge in [-0.05, 0) is 54.4 Å². The zero-order chi connectivity index (χ0) is 14.5. The van der Waals surface area contributed by atoms with Gasteiger partial charge >= 0.3 is 0 Å². The molecule has 1 aliphatic heterocycles. The third-order valence-electron chi connectivity index (χ3n) is 3.52. The molecule has 2 rings (SSSR count). The molecule has 1 amide bonds. The van der Waals surface area contributed by atoms with E-state index in [2.05, 4.69) is 26.1 Å². The number of anilines is 1. The molecule has 0 radical (unpaired) electrons. The van der Waals surface area contributed by atoms with Gasteiger partial charge in [-0.1, -0.05) is 12.1 Å². The third kappa shape index (κ3) is 4.15. The van der Waals surface area contributed by atoms with Gasteiger partial charge in [0.15, 0.2) is 0 Å². The Labute approximate surface area is 127 Å². The van der Waals surface area contributed by atoms with Crippen molar-refractivity contribution >= 4 is 33.3 Å². The van der Waals surface area contributed by atoms with Crippen LogP contribution in [0.5, 0.6) is 0 Å². The van der Waals surface area contributed by atoms with Crippen LogP contribution in [0.2, 0.25) is 0 Å². The Balaban J connectivity index is 1.91. The predicted octanol–water partition coefficient (Wildman–Crippen LogP) is 2.83. The van der Waals surface area contributed by atoms with E-state index in [0.717, 1.165) is 29.5 Å². The number of hydrogen-bond acceptors (Lipinski definition) is 3. The van der Waals surface area contributed by atoms with Crippen molar-refractivity contribution in [3.05, 3.63) is 28.7 Å². The summed E-state index contributed by atoms with van der Waals surface area (Å²) >= 11 is 3.41. The summed E-state index contributed by atoms with van der Waals surface area (Å²) in [7, 11) is 0. The van der Waals surface area contributed by atoms with Crippen LogP contribution >= 0.6 is 15.9 Å². The highest BCUT2D eigenvalue weighted by molar-refractivity contribution is 9.10. The van der Waals surface area contributed by atoms with Gasteiger partial charge < -0.3 is 5.32 Å². The maximum atomic E-state index is 12.1. The highest BCUT2D eigenvalue weighted by Gasteiger charge is 2.27. The first-order valence-corrected chi connectivity index (χ1v) is 7.63. The Morgan fingerprint density at radius 3 is 2.85 bits per heavy atom. The molecule has 20 heavy (non-hydrogen) atoms. The highest BCUT2D eigenvalue weighted by atomic mass is 79.9. The van der Waals surface area contributed by atoms with E-state index in [0.29, 0.717) is 13.0 Å². The van der Waals surface area contributed by atoms with Crippen molar-refractivity contribution in [2.24, 2.45) is 0 Å². The number of Topliss-reactive ketones (excluding diaryl/α,β-unsaturated/α-hetero) is 1. The molecule has 0 aliphatic carbocycles. The van der Waals surface area contributed by atoms with E-state index >= 15 is 0 Å². The van der Waals surface area contributed by atoms with Gasteiger partial charge in [-0.15, -0.1) is 0 Å². The molecule has 0 saturated carbocycles. The Morgan fingerprint density at radius 1 is 1.40 bits per heavy atom. The van der Waals surface area contributed by atoms with Crippen molar-refractivity contribution in [1.82, 2.24) is 4.90 Å². The molecule has 1 atom stereocenters. The lowest BCUT2D eigenvalue weighted by atomic mass is 10.1. The molecule has 0 bridgehead atoms. The summed E-state index contributed by atoms with van der Waals surface area (Å²) in [6.45, 7) is 2.85. The molecule has 1 saturated heterocycles. The average Bonchev–Trinajstić information content (AvgIpc) is 2.78. The summed E-state index contributed by atoms with van der Waals surface area (Å²) in [5, 5.41) is 2.90. The smallest absolute Gasteiger partial charge is 0.238 e. The van der Waals surface area contributed by atoms with Crippen LogP contribution in [0.1, 0.15) is 26.2 Å². The molecule has 4 nitrogen and oxygen atoms in total. The van der Waals surface area contributed by atoms with Crippen LogP contribution in [0.15, 0.2) is 28.7 Å². The number of hydrogen-bond donors (Lipinski definition) is 1. The number of nitrogens with zero attached hydrogens (tertiary/aromatic N) is 1. The van der Waals surface area contributed by atoms with Crippen LogP contribution in [0.4, 0.5) is 5.69 Å². The van der Waals surface area contributed by atoms with E-state index in [4.69, 9.17) is 0 Å². The van der Waals surface area contributed by atoms with Gasteiger partial charge in [0.1, 0.15) is 5.78 Å². The number of carbonyl (C=O) groups is 2.